The number of alkyl halides is 2. The summed E-state index contributed by atoms with van der Waals surface area (Å²) in [5.74, 6) is -1.83. The molecular formula is C15H23F2NO4. The lowest BCUT2D eigenvalue weighted by Crippen LogP contribution is -2.55. The third-order valence-electron chi connectivity index (χ3n) is 4.62. The summed E-state index contributed by atoms with van der Waals surface area (Å²) in [7, 11) is 0. The molecule has 1 saturated heterocycles. The topological polar surface area (TPSA) is 66.8 Å². The lowest BCUT2D eigenvalue weighted by Gasteiger charge is -2.53. The molecule has 0 aromatic rings. The highest BCUT2D eigenvalue weighted by molar-refractivity contribution is 5.76. The second-order valence-electron chi connectivity index (χ2n) is 7.73. The van der Waals surface area contributed by atoms with Gasteiger partial charge in [0.25, 0.3) is 0 Å². The quantitative estimate of drug-likeness (QED) is 0.868. The fourth-order valence-corrected chi connectivity index (χ4v) is 3.80. The van der Waals surface area contributed by atoms with E-state index in [-0.39, 0.29) is 25.9 Å². The lowest BCUT2D eigenvalue weighted by atomic mass is 9.50. The van der Waals surface area contributed by atoms with E-state index >= 15 is 0 Å². The van der Waals surface area contributed by atoms with Crippen LogP contribution in [-0.4, -0.2) is 54.1 Å². The zero-order chi connectivity index (χ0) is 16.8. The highest BCUT2D eigenvalue weighted by Gasteiger charge is 2.64. The molecule has 126 valence electrons. The van der Waals surface area contributed by atoms with Gasteiger partial charge in [0.1, 0.15) is 5.60 Å². The predicted octanol–water partition coefficient (Wildman–Crippen LogP) is 2.64. The Hall–Kier alpha value is -1.40. The van der Waals surface area contributed by atoms with Gasteiger partial charge in [-0.2, -0.15) is 0 Å². The molecule has 1 heterocycles. The van der Waals surface area contributed by atoms with Crippen molar-refractivity contribution < 1.29 is 28.2 Å². The number of halogens is 2. The first-order valence-corrected chi connectivity index (χ1v) is 7.39. The van der Waals surface area contributed by atoms with Crippen molar-refractivity contribution >= 4 is 12.1 Å². The van der Waals surface area contributed by atoms with Gasteiger partial charge in [0.2, 0.25) is 0 Å². The largest absolute Gasteiger partial charge is 0.481 e. The van der Waals surface area contributed by atoms with Gasteiger partial charge in [0, 0.05) is 23.9 Å². The molecule has 1 spiro atoms. The zero-order valence-corrected chi connectivity index (χ0v) is 13.2. The molecule has 0 radical (unpaired) electrons. The maximum atomic E-state index is 13.0. The van der Waals surface area contributed by atoms with Crippen molar-refractivity contribution in [3.05, 3.63) is 0 Å². The fraction of sp³-hybridized carbons (Fsp3) is 0.867. The van der Waals surface area contributed by atoms with Crippen LogP contribution in [0.1, 0.15) is 33.6 Å². The molecule has 1 aliphatic heterocycles. The van der Waals surface area contributed by atoms with Gasteiger partial charge < -0.3 is 14.7 Å². The summed E-state index contributed by atoms with van der Waals surface area (Å²) in [6, 6.07) is 0. The second-order valence-corrected chi connectivity index (χ2v) is 7.73. The van der Waals surface area contributed by atoms with E-state index in [4.69, 9.17) is 4.74 Å². The molecule has 1 amide bonds. The molecule has 1 aliphatic carbocycles. The predicted molar refractivity (Wildman–Crippen MR) is 75.0 cm³/mol. The number of ether oxygens (including phenoxy) is 1. The minimum atomic E-state index is -1.07. The van der Waals surface area contributed by atoms with E-state index < -0.39 is 47.8 Å². The number of likely N-dealkylation sites (tertiary alicyclic amines) is 1. The summed E-state index contributed by atoms with van der Waals surface area (Å²) in [5.41, 5.74) is -2.48. The van der Waals surface area contributed by atoms with Crippen LogP contribution in [-0.2, 0) is 9.53 Å². The Bertz CT molecular complexity index is 463. The molecule has 0 bridgehead atoms. The van der Waals surface area contributed by atoms with Gasteiger partial charge in [0.15, 0.2) is 0 Å². The van der Waals surface area contributed by atoms with Gasteiger partial charge in [-0.15, -0.1) is 0 Å². The van der Waals surface area contributed by atoms with Gasteiger partial charge >= 0.3 is 12.1 Å². The van der Waals surface area contributed by atoms with E-state index in [1.807, 2.05) is 0 Å². The molecule has 7 heteroatoms. The third kappa shape index (κ3) is 2.90. The van der Waals surface area contributed by atoms with Crippen LogP contribution in [0.15, 0.2) is 0 Å². The molecular weight excluding hydrogens is 296 g/mol. The van der Waals surface area contributed by atoms with Gasteiger partial charge in [-0.3, -0.25) is 13.6 Å². The smallest absolute Gasteiger partial charge is 0.410 e. The van der Waals surface area contributed by atoms with Crippen molar-refractivity contribution in [2.75, 3.05) is 26.4 Å². The maximum absolute atomic E-state index is 13.0. The van der Waals surface area contributed by atoms with Crippen LogP contribution in [0.5, 0.6) is 0 Å². The molecule has 2 aliphatic rings. The van der Waals surface area contributed by atoms with E-state index in [0.717, 1.165) is 0 Å². The molecule has 2 rings (SSSR count). The fourth-order valence-electron chi connectivity index (χ4n) is 3.80. The van der Waals surface area contributed by atoms with Crippen LogP contribution in [0, 0.1) is 16.7 Å². The number of rotatable bonds is 3. The Morgan fingerprint density at radius 3 is 2.23 bits per heavy atom. The summed E-state index contributed by atoms with van der Waals surface area (Å²) in [6.07, 6.45) is -0.263. The SMILES string of the molecule is CC(C)(C)OC(=O)N1CC(C(=O)O)C2(C1)CC(CF)(CF)C2. The van der Waals surface area contributed by atoms with Crippen molar-refractivity contribution in [2.24, 2.45) is 16.7 Å². The molecule has 0 aromatic heterocycles. The summed E-state index contributed by atoms with van der Waals surface area (Å²) < 4.78 is 31.3. The molecule has 1 saturated carbocycles. The van der Waals surface area contributed by atoms with Crippen LogP contribution in [0.3, 0.4) is 0 Å². The third-order valence-corrected chi connectivity index (χ3v) is 4.62. The number of carboxylic acid groups (broad SMARTS) is 1. The molecule has 0 aromatic carbocycles. The molecule has 1 N–H and O–H groups in total. The van der Waals surface area contributed by atoms with Crippen molar-refractivity contribution in [1.82, 2.24) is 4.90 Å². The lowest BCUT2D eigenvalue weighted by molar-refractivity contribution is -0.155. The number of carbonyl (C=O) groups is 2. The Labute approximate surface area is 128 Å². The van der Waals surface area contributed by atoms with Crippen molar-refractivity contribution in [1.29, 1.82) is 0 Å². The minimum absolute atomic E-state index is 0.0267. The Balaban J connectivity index is 2.12. The molecule has 22 heavy (non-hydrogen) atoms. The highest BCUT2D eigenvalue weighted by atomic mass is 19.1. The summed E-state index contributed by atoms with van der Waals surface area (Å²) in [5, 5.41) is 9.40. The van der Waals surface area contributed by atoms with Crippen LogP contribution in [0.25, 0.3) is 0 Å². The number of carboxylic acids is 1. The van der Waals surface area contributed by atoms with Crippen LogP contribution in [0.2, 0.25) is 0 Å². The Morgan fingerprint density at radius 1 is 1.27 bits per heavy atom. The zero-order valence-electron chi connectivity index (χ0n) is 13.2. The second kappa shape index (κ2) is 5.35. The Kier molecular flexibility index (Phi) is 4.13. The van der Waals surface area contributed by atoms with Gasteiger partial charge in [-0.05, 0) is 33.6 Å². The maximum Gasteiger partial charge on any atom is 0.410 e. The van der Waals surface area contributed by atoms with Gasteiger partial charge in [-0.1, -0.05) is 0 Å². The first-order valence-electron chi connectivity index (χ1n) is 7.39. The monoisotopic (exact) mass is 319 g/mol. The normalized spacial score (nSPS) is 25.9. The van der Waals surface area contributed by atoms with Crippen molar-refractivity contribution in [3.63, 3.8) is 0 Å². The number of carbonyl (C=O) groups excluding carboxylic acids is 1. The first-order chi connectivity index (χ1) is 10.1. The van der Waals surface area contributed by atoms with E-state index in [2.05, 4.69) is 0 Å². The molecule has 5 nitrogen and oxygen atoms in total. The van der Waals surface area contributed by atoms with Crippen LogP contribution < -0.4 is 0 Å². The van der Waals surface area contributed by atoms with E-state index in [1.54, 1.807) is 20.8 Å². The minimum Gasteiger partial charge on any atom is -0.481 e. The van der Waals surface area contributed by atoms with Crippen molar-refractivity contribution in [2.45, 2.75) is 39.2 Å². The number of hydrogen-bond acceptors (Lipinski definition) is 3. The summed E-state index contributed by atoms with van der Waals surface area (Å²) in [4.78, 5) is 25.0. The van der Waals surface area contributed by atoms with E-state index in [1.165, 1.54) is 4.90 Å². The highest BCUT2D eigenvalue weighted by Crippen LogP contribution is 2.61. The summed E-state index contributed by atoms with van der Waals surface area (Å²) >= 11 is 0. The molecule has 2 fully saturated rings. The Morgan fingerprint density at radius 2 is 1.82 bits per heavy atom. The first kappa shape index (κ1) is 17.0. The average molecular weight is 319 g/mol. The van der Waals surface area contributed by atoms with Gasteiger partial charge in [-0.25, -0.2) is 4.79 Å². The van der Waals surface area contributed by atoms with Crippen LogP contribution >= 0.6 is 0 Å². The van der Waals surface area contributed by atoms with Crippen LogP contribution in [0.4, 0.5) is 13.6 Å². The van der Waals surface area contributed by atoms with E-state index in [9.17, 15) is 23.5 Å². The molecule has 1 atom stereocenters. The standard InChI is InChI=1S/C15H23F2NO4/c1-13(2,3)22-12(21)18-4-10(11(19)20)15(9-18)5-14(6-15,7-16)8-17/h10H,4-9H2,1-3H3,(H,19,20). The van der Waals surface area contributed by atoms with Gasteiger partial charge in [0.05, 0.1) is 19.3 Å². The number of hydrogen-bond donors (Lipinski definition) is 1. The summed E-state index contributed by atoms with van der Waals surface area (Å²) in [6.45, 7) is 3.79. The number of aliphatic carboxylic acids is 1. The number of nitrogens with zero attached hydrogens (tertiary/aromatic N) is 1. The number of amides is 1. The van der Waals surface area contributed by atoms with Crippen molar-refractivity contribution in [3.8, 4) is 0 Å². The molecule has 1 unspecified atom stereocenters. The van der Waals surface area contributed by atoms with E-state index in [0.29, 0.717) is 0 Å². The average Bonchev–Trinajstić information content (AvgIpc) is 2.74.